The molecule has 0 aromatic carbocycles. The Bertz CT molecular complexity index is 1770. The van der Waals surface area contributed by atoms with Gasteiger partial charge in [-0.15, -0.1) is 0 Å². The molecular weight excluding hydrogens is 775 g/mol. The van der Waals surface area contributed by atoms with Gasteiger partial charge < -0.3 is 53.8 Å². The van der Waals surface area contributed by atoms with Gasteiger partial charge in [-0.2, -0.15) is 5.26 Å². The van der Waals surface area contributed by atoms with Gasteiger partial charge in [-0.05, 0) is 90.2 Å². The van der Waals surface area contributed by atoms with E-state index in [1.54, 1.807) is 26.0 Å². The van der Waals surface area contributed by atoms with Crippen molar-refractivity contribution in [3.05, 3.63) is 53.4 Å². The molecule has 5 heterocycles. The Morgan fingerprint density at radius 2 is 1.90 bits per heavy atom. The Hall–Kier alpha value is -4.11. The molecule has 0 spiro atoms. The number of hydrogen-bond acceptors (Lipinski definition) is 14. The number of rotatable bonds is 8. The third kappa shape index (κ3) is 10.5. The molecule has 5 rings (SSSR count). The number of pyridine rings is 1. The van der Waals surface area contributed by atoms with E-state index in [4.69, 9.17) is 38.4 Å². The van der Waals surface area contributed by atoms with Gasteiger partial charge in [0, 0.05) is 30.6 Å². The fourth-order valence-corrected chi connectivity index (χ4v) is 9.55. The summed E-state index contributed by atoms with van der Waals surface area (Å²) >= 11 is 0. The summed E-state index contributed by atoms with van der Waals surface area (Å²) in [6.45, 7) is 19.8. The van der Waals surface area contributed by atoms with Crippen LogP contribution < -0.4 is 10.6 Å². The van der Waals surface area contributed by atoms with Crippen LogP contribution in [0.1, 0.15) is 85.9 Å². The van der Waals surface area contributed by atoms with Crippen LogP contribution in [0.4, 0.5) is 9.59 Å². The Balaban J connectivity index is 1.56. The van der Waals surface area contributed by atoms with Gasteiger partial charge in [0.05, 0.1) is 49.1 Å². The van der Waals surface area contributed by atoms with Crippen LogP contribution in [0.25, 0.3) is 0 Å². The minimum atomic E-state index is -1.28. The van der Waals surface area contributed by atoms with Gasteiger partial charge in [-0.3, -0.25) is 4.79 Å². The molecule has 4 aliphatic rings. The zero-order valence-electron chi connectivity index (χ0n) is 36.8. The Kier molecular flexibility index (Phi) is 15.4. The predicted octanol–water partition coefficient (Wildman–Crippen LogP) is 4.78. The second kappa shape index (κ2) is 19.7. The van der Waals surface area contributed by atoms with Crippen molar-refractivity contribution in [3.63, 3.8) is 0 Å². The van der Waals surface area contributed by atoms with Crippen molar-refractivity contribution in [1.29, 1.82) is 5.26 Å². The number of nitrogens with zero attached hydrogens (tertiary/aromatic N) is 3. The number of cyclic esters (lactones) is 1. The summed E-state index contributed by atoms with van der Waals surface area (Å²) in [5.74, 6) is -2.61. The van der Waals surface area contributed by atoms with E-state index in [2.05, 4.69) is 22.2 Å². The zero-order chi connectivity index (χ0) is 44.1. The molecule has 0 aliphatic carbocycles. The number of esters is 1. The van der Waals surface area contributed by atoms with Gasteiger partial charge in [-0.1, -0.05) is 45.9 Å². The molecule has 60 heavy (non-hydrogen) atoms. The van der Waals surface area contributed by atoms with E-state index in [0.717, 1.165) is 5.57 Å². The minimum absolute atomic E-state index is 0.115. The number of hydrogen-bond donors (Lipinski definition) is 3. The number of aliphatic hydroxyl groups is 1. The van der Waals surface area contributed by atoms with E-state index in [9.17, 15) is 19.5 Å². The average Bonchev–Trinajstić information content (AvgIpc) is 3.54. The van der Waals surface area contributed by atoms with Crippen molar-refractivity contribution in [2.45, 2.75) is 141 Å². The van der Waals surface area contributed by atoms with E-state index < -0.39 is 83.9 Å². The lowest BCUT2D eigenvalue weighted by Crippen LogP contribution is -2.60. The molecule has 4 fully saturated rings. The molecule has 2 bridgehead atoms. The maximum absolute atomic E-state index is 14.3. The van der Waals surface area contributed by atoms with E-state index in [1.807, 2.05) is 72.7 Å². The fraction of sp³-hybridized carbons (Fsp3) is 0.705. The fourth-order valence-electron chi connectivity index (χ4n) is 9.55. The SMILES string of the molecule is C=C1COC2[C@@H](C)C(=O)O[C@H](CC)[C@@]3(C)OC(=O)NC3[C@@H](C)/C(=C/COC(=O)NCc3ccc(C#N)nc3)[C@H](C)C[C@@](C)(OC1)[C@H](OC1O[C@H](C)C[C@H](N(C)C)[C@H]1O)[C@H]2C. The van der Waals surface area contributed by atoms with Crippen molar-refractivity contribution < 1.29 is 52.6 Å². The molecule has 4 aliphatic heterocycles. The summed E-state index contributed by atoms with van der Waals surface area (Å²) in [5.41, 5.74) is 0.0555. The third-order valence-electron chi connectivity index (χ3n) is 12.8. The van der Waals surface area contributed by atoms with Crippen molar-refractivity contribution in [3.8, 4) is 6.07 Å². The molecule has 3 N–H and O–H groups in total. The number of ether oxygens (including phenoxy) is 7. The Morgan fingerprint density at radius 3 is 2.55 bits per heavy atom. The first kappa shape index (κ1) is 46.9. The second-order valence-corrected chi connectivity index (χ2v) is 17.6. The quantitative estimate of drug-likeness (QED) is 0.184. The number of likely N-dealkylation sites (N-methyl/N-ethyl adjacent to an activating group) is 1. The maximum atomic E-state index is 14.3. The highest BCUT2D eigenvalue weighted by Crippen LogP contribution is 2.44. The lowest BCUT2D eigenvalue weighted by Gasteiger charge is -2.49. The Labute approximate surface area is 354 Å². The lowest BCUT2D eigenvalue weighted by atomic mass is 9.71. The van der Waals surface area contributed by atoms with Crippen LogP contribution in [0.15, 0.2) is 42.1 Å². The number of nitrogens with one attached hydrogen (secondary N) is 2. The van der Waals surface area contributed by atoms with E-state index >= 15 is 0 Å². The zero-order valence-corrected chi connectivity index (χ0v) is 36.8. The standard InChI is InChI=1S/C44H65N5O11/c1-12-34-44(9)37(48-42(53)60-44)27(5)32(15-16-54-41(52)47-21-30-13-14-31(19-45)46-20-30)25(3)18-43(8)38(59-40-35(50)33(49(10)11)17-26(4)57-40)28(6)36(29(7)39(51)58-34)55-22-24(2)23-56-43/h13-15,20,25-29,33-38,40,50H,2,12,16-18,21-23H2,1,3-11H3,(H,47,52)(H,48,53)/b32-15+/t25-,26-,27+,28+,29-,33+,34-,35-,36?,37?,38-,40?,43-,44-/m1/s1. The minimum Gasteiger partial charge on any atom is -0.458 e. The van der Waals surface area contributed by atoms with E-state index in [1.165, 1.54) is 6.20 Å². The second-order valence-electron chi connectivity index (χ2n) is 17.6. The highest BCUT2D eigenvalue weighted by molar-refractivity contribution is 5.74. The molecule has 16 nitrogen and oxygen atoms in total. The summed E-state index contributed by atoms with van der Waals surface area (Å²) in [4.78, 5) is 46.4. The number of amides is 2. The van der Waals surface area contributed by atoms with Crippen molar-refractivity contribution in [2.24, 2.45) is 23.7 Å². The van der Waals surface area contributed by atoms with E-state index in [-0.39, 0.29) is 50.1 Å². The number of aromatic nitrogens is 1. The molecule has 1 aromatic heterocycles. The van der Waals surface area contributed by atoms with Gasteiger partial charge in [0.25, 0.3) is 0 Å². The Morgan fingerprint density at radius 1 is 1.17 bits per heavy atom. The van der Waals surface area contributed by atoms with Crippen molar-refractivity contribution in [1.82, 2.24) is 20.5 Å². The van der Waals surface area contributed by atoms with Crippen molar-refractivity contribution in [2.75, 3.05) is 33.9 Å². The first-order valence-electron chi connectivity index (χ1n) is 21.0. The molecule has 2 amide bonds. The summed E-state index contributed by atoms with van der Waals surface area (Å²) in [6, 6.07) is 4.33. The summed E-state index contributed by atoms with van der Waals surface area (Å²) in [5, 5.41) is 26.5. The number of aliphatic hydroxyl groups excluding tert-OH is 1. The molecule has 16 heteroatoms. The number of carbonyl (C=O) groups is 3. The van der Waals surface area contributed by atoms with Gasteiger partial charge >= 0.3 is 18.2 Å². The molecule has 0 radical (unpaired) electrons. The number of fused-ring (bicyclic) bond motifs is 4. The largest absolute Gasteiger partial charge is 0.458 e. The summed E-state index contributed by atoms with van der Waals surface area (Å²) in [6.07, 6.45) is -1.31. The molecular formula is C44H65N5O11. The molecule has 1 aromatic rings. The lowest BCUT2D eigenvalue weighted by molar-refractivity contribution is -0.302. The van der Waals surface area contributed by atoms with Gasteiger partial charge in [0.15, 0.2) is 11.9 Å². The van der Waals surface area contributed by atoms with Crippen LogP contribution in [0.5, 0.6) is 0 Å². The smallest absolute Gasteiger partial charge is 0.408 e. The predicted molar refractivity (Wildman–Crippen MR) is 219 cm³/mol. The molecule has 332 valence electrons. The van der Waals surface area contributed by atoms with Crippen molar-refractivity contribution >= 4 is 18.2 Å². The number of alkyl carbamates (subject to hydrolysis) is 2. The molecule has 0 saturated carbocycles. The van der Waals surface area contributed by atoms with Crippen LogP contribution in [0, 0.1) is 35.0 Å². The molecule has 14 atom stereocenters. The topological polar surface area (TPSA) is 200 Å². The molecule has 3 unspecified atom stereocenters. The average molecular weight is 840 g/mol. The van der Waals surface area contributed by atoms with Crippen LogP contribution in [0.2, 0.25) is 0 Å². The monoisotopic (exact) mass is 839 g/mol. The highest BCUT2D eigenvalue weighted by Gasteiger charge is 2.57. The first-order valence-corrected chi connectivity index (χ1v) is 21.0. The van der Waals surface area contributed by atoms with Gasteiger partial charge in [0.2, 0.25) is 0 Å². The number of carbonyl (C=O) groups excluding carboxylic acids is 3. The van der Waals surface area contributed by atoms with Gasteiger partial charge in [0.1, 0.15) is 30.6 Å². The molecule has 4 saturated heterocycles. The number of nitriles is 1. The third-order valence-corrected chi connectivity index (χ3v) is 12.8. The van der Waals surface area contributed by atoms with Crippen LogP contribution in [0.3, 0.4) is 0 Å². The summed E-state index contributed by atoms with van der Waals surface area (Å²) < 4.78 is 44.7. The van der Waals surface area contributed by atoms with Crippen LogP contribution in [-0.2, 0) is 44.5 Å². The van der Waals surface area contributed by atoms with Crippen LogP contribution >= 0.6 is 0 Å². The maximum Gasteiger partial charge on any atom is 0.408 e. The van der Waals surface area contributed by atoms with E-state index in [0.29, 0.717) is 30.4 Å². The highest BCUT2D eigenvalue weighted by atomic mass is 16.7. The first-order chi connectivity index (χ1) is 28.3. The van der Waals surface area contributed by atoms with Gasteiger partial charge in [-0.25, -0.2) is 14.6 Å². The normalized spacial score (nSPS) is 38.6. The van der Waals surface area contributed by atoms with Crippen LogP contribution in [-0.4, -0.2) is 127 Å². The summed E-state index contributed by atoms with van der Waals surface area (Å²) in [7, 11) is 3.82.